The van der Waals surface area contributed by atoms with Crippen molar-refractivity contribution in [1.82, 2.24) is 10.2 Å². The quantitative estimate of drug-likeness (QED) is 0.675. The van der Waals surface area contributed by atoms with E-state index >= 15 is 0 Å². The van der Waals surface area contributed by atoms with Gasteiger partial charge < -0.3 is 10.2 Å². The lowest BCUT2D eigenvalue weighted by Crippen LogP contribution is -2.39. The van der Waals surface area contributed by atoms with Gasteiger partial charge in [-0.15, -0.1) is 0 Å². The molecule has 1 saturated heterocycles. The summed E-state index contributed by atoms with van der Waals surface area (Å²) in [7, 11) is 0. The van der Waals surface area contributed by atoms with E-state index in [1.165, 1.54) is 12.8 Å². The smallest absolute Gasteiger partial charge is 0.349 e. The number of hydrogen-bond acceptors (Lipinski definition) is 2. The number of piperidine rings is 1. The molecule has 1 aromatic rings. The van der Waals surface area contributed by atoms with Crippen LogP contribution in [0.3, 0.4) is 0 Å². The van der Waals surface area contributed by atoms with E-state index in [-0.39, 0.29) is 22.0 Å². The molecule has 156 valence electrons. The molecule has 1 saturated carbocycles. The second kappa shape index (κ2) is 8.23. The van der Waals surface area contributed by atoms with Crippen LogP contribution in [0.2, 0.25) is 5.02 Å². The van der Waals surface area contributed by atoms with Crippen LogP contribution in [-0.2, 0) is 6.18 Å². The summed E-state index contributed by atoms with van der Waals surface area (Å²) in [5.41, 5.74) is -0.856. The third-order valence-electron chi connectivity index (χ3n) is 6.14. The van der Waals surface area contributed by atoms with Crippen LogP contribution in [0.4, 0.5) is 13.2 Å². The van der Waals surface area contributed by atoms with E-state index in [2.05, 4.69) is 24.1 Å². The van der Waals surface area contributed by atoms with E-state index in [0.29, 0.717) is 0 Å². The third-order valence-corrected chi connectivity index (χ3v) is 6.47. The number of amides is 1. The van der Waals surface area contributed by atoms with E-state index in [1.54, 1.807) is 0 Å². The van der Waals surface area contributed by atoms with Crippen molar-refractivity contribution in [3.05, 3.63) is 34.3 Å². The Hall–Kier alpha value is -1.27. The Kier molecular flexibility index (Phi) is 6.30. The summed E-state index contributed by atoms with van der Waals surface area (Å²) in [5, 5.41) is 2.96. The molecule has 7 heteroatoms. The number of nitrogens with zero attached hydrogens (tertiary/aromatic N) is 1. The maximum atomic E-state index is 12.9. The molecular weight excluding hydrogens is 389 g/mol. The summed E-state index contributed by atoms with van der Waals surface area (Å²) in [5.74, 6) is 0.208. The lowest BCUT2D eigenvalue weighted by Gasteiger charge is -2.33. The third kappa shape index (κ3) is 5.01. The van der Waals surface area contributed by atoms with Crippen LogP contribution in [0.15, 0.2) is 18.2 Å². The summed E-state index contributed by atoms with van der Waals surface area (Å²) >= 11 is 5.98. The van der Waals surface area contributed by atoms with Crippen molar-refractivity contribution < 1.29 is 18.0 Å². The van der Waals surface area contributed by atoms with Gasteiger partial charge in [-0.3, -0.25) is 4.79 Å². The summed E-state index contributed by atoms with van der Waals surface area (Å²) in [4.78, 5) is 15.0. The van der Waals surface area contributed by atoms with Gasteiger partial charge in [-0.25, -0.2) is 0 Å². The highest BCUT2D eigenvalue weighted by atomic mass is 35.5. The first kappa shape index (κ1) is 21.4. The minimum Gasteiger partial charge on any atom is -0.349 e. The fraction of sp³-hybridized carbons (Fsp3) is 0.667. The number of hydrogen-bond donors (Lipinski definition) is 1. The van der Waals surface area contributed by atoms with Crippen LogP contribution in [0.5, 0.6) is 0 Å². The first-order valence-electron chi connectivity index (χ1n) is 10.0. The standard InChI is InChI=1S/C21H28ClF3N2O/c1-14(2)4-3-9-27-10-7-20(8-11-27)13-18(20)26-19(28)16-12-15(21(23,24)25)5-6-17(16)22/h5-6,12,14,18H,3-4,7-11,13H2,1-2H3,(H,26,28)/t18-/m1/s1. The Balaban J connectivity index is 1.53. The molecule has 1 heterocycles. The molecule has 1 spiro atoms. The Bertz CT molecular complexity index is 712. The number of benzene rings is 1. The topological polar surface area (TPSA) is 32.3 Å². The number of alkyl halides is 3. The SMILES string of the molecule is CC(C)CCCN1CCC2(CC1)C[C@H]2NC(=O)c1cc(C(F)(F)F)ccc1Cl. The van der Waals surface area contributed by atoms with Gasteiger partial charge in [0.15, 0.2) is 0 Å². The molecule has 0 unspecified atom stereocenters. The van der Waals surface area contributed by atoms with Crippen molar-refractivity contribution >= 4 is 17.5 Å². The zero-order chi connectivity index (χ0) is 20.5. The first-order chi connectivity index (χ1) is 13.1. The number of carbonyl (C=O) groups excluding carboxylic acids is 1. The second-order valence-electron chi connectivity index (χ2n) is 8.66. The van der Waals surface area contributed by atoms with Gasteiger partial charge in [0.05, 0.1) is 16.1 Å². The van der Waals surface area contributed by atoms with Crippen LogP contribution in [0, 0.1) is 11.3 Å². The van der Waals surface area contributed by atoms with Gasteiger partial charge in [-0.05, 0) is 81.3 Å². The van der Waals surface area contributed by atoms with Crippen molar-refractivity contribution in [2.24, 2.45) is 11.3 Å². The molecule has 1 aromatic carbocycles. The van der Waals surface area contributed by atoms with Gasteiger partial charge in [0.2, 0.25) is 0 Å². The molecular formula is C21H28ClF3N2O. The fourth-order valence-corrected chi connectivity index (χ4v) is 4.36. The molecule has 2 aliphatic rings. The highest BCUT2D eigenvalue weighted by molar-refractivity contribution is 6.33. The Labute approximate surface area is 169 Å². The molecule has 1 aliphatic heterocycles. The van der Waals surface area contributed by atoms with E-state index in [1.807, 2.05) is 0 Å². The van der Waals surface area contributed by atoms with Crippen molar-refractivity contribution in [2.75, 3.05) is 19.6 Å². The predicted molar refractivity (Wildman–Crippen MR) is 105 cm³/mol. The van der Waals surface area contributed by atoms with Crippen molar-refractivity contribution in [2.45, 2.75) is 58.2 Å². The number of likely N-dealkylation sites (tertiary alicyclic amines) is 1. The van der Waals surface area contributed by atoms with Crippen molar-refractivity contribution in [3.63, 3.8) is 0 Å². The van der Waals surface area contributed by atoms with Crippen molar-refractivity contribution in [1.29, 1.82) is 0 Å². The molecule has 0 aromatic heterocycles. The van der Waals surface area contributed by atoms with E-state index in [9.17, 15) is 18.0 Å². The van der Waals surface area contributed by atoms with E-state index in [0.717, 1.165) is 63.0 Å². The summed E-state index contributed by atoms with van der Waals surface area (Å²) < 4.78 is 38.7. The Morgan fingerprint density at radius 3 is 2.61 bits per heavy atom. The maximum absolute atomic E-state index is 12.9. The van der Waals surface area contributed by atoms with Crippen LogP contribution in [-0.4, -0.2) is 36.5 Å². The lowest BCUT2D eigenvalue weighted by atomic mass is 9.92. The molecule has 1 N–H and O–H groups in total. The van der Waals surface area contributed by atoms with E-state index < -0.39 is 17.6 Å². The van der Waals surface area contributed by atoms with Crippen molar-refractivity contribution in [3.8, 4) is 0 Å². The zero-order valence-electron chi connectivity index (χ0n) is 16.4. The summed E-state index contributed by atoms with van der Waals surface area (Å²) in [6, 6.07) is 2.90. The van der Waals surface area contributed by atoms with Crippen LogP contribution in [0.25, 0.3) is 0 Å². The number of carbonyl (C=O) groups is 1. The Morgan fingerprint density at radius 2 is 2.00 bits per heavy atom. The molecule has 0 bridgehead atoms. The van der Waals surface area contributed by atoms with Gasteiger partial charge in [-0.2, -0.15) is 13.2 Å². The highest BCUT2D eigenvalue weighted by Gasteiger charge is 2.55. The fourth-order valence-electron chi connectivity index (χ4n) is 4.16. The minimum absolute atomic E-state index is 0.0309. The number of rotatable bonds is 6. The molecule has 3 rings (SSSR count). The predicted octanol–water partition coefficient (Wildman–Crippen LogP) is 5.38. The highest BCUT2D eigenvalue weighted by Crippen LogP contribution is 2.54. The number of nitrogens with one attached hydrogen (secondary N) is 1. The molecule has 28 heavy (non-hydrogen) atoms. The normalized spacial score (nSPS) is 21.9. The van der Waals surface area contributed by atoms with Crippen LogP contribution >= 0.6 is 11.6 Å². The minimum atomic E-state index is -4.50. The van der Waals surface area contributed by atoms with E-state index in [4.69, 9.17) is 11.6 Å². The Morgan fingerprint density at radius 1 is 1.32 bits per heavy atom. The second-order valence-corrected chi connectivity index (χ2v) is 9.07. The monoisotopic (exact) mass is 416 g/mol. The summed E-state index contributed by atoms with van der Waals surface area (Å²) in [6.07, 6.45) is 0.890. The first-order valence-corrected chi connectivity index (χ1v) is 10.4. The summed E-state index contributed by atoms with van der Waals surface area (Å²) in [6.45, 7) is 7.63. The average molecular weight is 417 g/mol. The maximum Gasteiger partial charge on any atom is 0.416 e. The molecule has 1 atom stereocenters. The van der Waals surface area contributed by atoms with Crippen LogP contribution < -0.4 is 5.32 Å². The van der Waals surface area contributed by atoms with Gasteiger partial charge in [-0.1, -0.05) is 25.4 Å². The van der Waals surface area contributed by atoms with Gasteiger partial charge >= 0.3 is 6.18 Å². The number of halogens is 4. The zero-order valence-corrected chi connectivity index (χ0v) is 17.2. The van der Waals surface area contributed by atoms with Gasteiger partial charge in [0.1, 0.15) is 0 Å². The van der Waals surface area contributed by atoms with Crippen LogP contribution in [0.1, 0.15) is 61.9 Å². The van der Waals surface area contributed by atoms with Gasteiger partial charge in [0.25, 0.3) is 5.91 Å². The molecule has 1 aliphatic carbocycles. The molecule has 2 fully saturated rings. The molecule has 3 nitrogen and oxygen atoms in total. The van der Waals surface area contributed by atoms with Gasteiger partial charge in [0, 0.05) is 6.04 Å². The lowest BCUT2D eigenvalue weighted by molar-refractivity contribution is -0.137. The molecule has 0 radical (unpaired) electrons. The molecule has 1 amide bonds. The largest absolute Gasteiger partial charge is 0.416 e. The average Bonchev–Trinajstić information content (AvgIpc) is 3.27.